The van der Waals surface area contributed by atoms with Gasteiger partial charge in [0.25, 0.3) is 0 Å². The molecule has 2 unspecified atom stereocenters. The lowest BCUT2D eigenvalue weighted by Gasteiger charge is -2.30. The average Bonchev–Trinajstić information content (AvgIpc) is 2.74. The van der Waals surface area contributed by atoms with E-state index in [1.165, 1.54) is 6.07 Å². The monoisotopic (exact) mass is 253 g/mol. The number of rotatable bonds is 3. The molecule has 6 nitrogen and oxygen atoms in total. The lowest BCUT2D eigenvalue weighted by molar-refractivity contribution is -0.402. The average molecular weight is 253 g/mol. The maximum Gasteiger partial charge on any atom is 0.433 e. The standard InChI is InChI=1S/C12H19N3O3/c1-2-14-8-4-3-5-9(13)12(14)10-6-7-11(18-10)15(16)17/h6-7,9,12H,2-5,8,13H2,1H3. The highest BCUT2D eigenvalue weighted by Crippen LogP contribution is 2.32. The third-order valence-corrected chi connectivity index (χ3v) is 3.52. The van der Waals surface area contributed by atoms with Gasteiger partial charge in [0.1, 0.15) is 10.7 Å². The quantitative estimate of drug-likeness (QED) is 0.658. The molecule has 2 N–H and O–H groups in total. The van der Waals surface area contributed by atoms with Crippen molar-refractivity contribution in [3.63, 3.8) is 0 Å². The first-order valence-electron chi connectivity index (χ1n) is 6.37. The molecule has 0 amide bonds. The molecule has 1 aliphatic rings. The first-order valence-corrected chi connectivity index (χ1v) is 6.37. The van der Waals surface area contributed by atoms with Crippen LogP contribution in [0.4, 0.5) is 5.88 Å². The van der Waals surface area contributed by atoms with Crippen molar-refractivity contribution < 1.29 is 9.34 Å². The van der Waals surface area contributed by atoms with Crippen molar-refractivity contribution in [3.8, 4) is 0 Å². The second-order valence-electron chi connectivity index (χ2n) is 4.67. The second-order valence-corrected chi connectivity index (χ2v) is 4.67. The summed E-state index contributed by atoms with van der Waals surface area (Å²) in [6.07, 6.45) is 3.13. The summed E-state index contributed by atoms with van der Waals surface area (Å²) in [5, 5.41) is 10.7. The van der Waals surface area contributed by atoms with Gasteiger partial charge in [0.15, 0.2) is 0 Å². The van der Waals surface area contributed by atoms with E-state index in [0.29, 0.717) is 5.76 Å². The molecular weight excluding hydrogens is 234 g/mol. The summed E-state index contributed by atoms with van der Waals surface area (Å²) < 4.78 is 5.32. The number of likely N-dealkylation sites (N-methyl/N-ethyl adjacent to an activating group) is 1. The van der Waals surface area contributed by atoms with Gasteiger partial charge in [-0.05, 0) is 32.0 Å². The highest BCUT2D eigenvalue weighted by molar-refractivity contribution is 5.21. The Balaban J connectivity index is 2.27. The van der Waals surface area contributed by atoms with Crippen molar-refractivity contribution in [1.29, 1.82) is 0 Å². The van der Waals surface area contributed by atoms with E-state index in [0.717, 1.165) is 32.4 Å². The van der Waals surface area contributed by atoms with E-state index in [2.05, 4.69) is 11.8 Å². The number of furan rings is 1. The predicted octanol–water partition coefficient (Wildman–Crippen LogP) is 2.06. The normalized spacial score (nSPS) is 25.9. The van der Waals surface area contributed by atoms with Crippen molar-refractivity contribution in [1.82, 2.24) is 4.90 Å². The summed E-state index contributed by atoms with van der Waals surface area (Å²) in [5.74, 6) is 0.399. The Morgan fingerprint density at radius 2 is 2.33 bits per heavy atom. The zero-order valence-corrected chi connectivity index (χ0v) is 10.5. The molecule has 2 atom stereocenters. The summed E-state index contributed by atoms with van der Waals surface area (Å²) in [7, 11) is 0. The SMILES string of the molecule is CCN1CCCCC(N)C1c1ccc([N+](=O)[O-])o1. The van der Waals surface area contributed by atoms with Gasteiger partial charge in [-0.1, -0.05) is 13.3 Å². The van der Waals surface area contributed by atoms with Gasteiger partial charge in [0.2, 0.25) is 0 Å². The smallest absolute Gasteiger partial charge is 0.404 e. The number of nitro groups is 1. The molecule has 18 heavy (non-hydrogen) atoms. The molecule has 6 heteroatoms. The van der Waals surface area contributed by atoms with Gasteiger partial charge in [-0.25, -0.2) is 0 Å². The van der Waals surface area contributed by atoms with E-state index in [4.69, 9.17) is 10.2 Å². The van der Waals surface area contributed by atoms with E-state index in [1.807, 2.05) is 0 Å². The van der Waals surface area contributed by atoms with Gasteiger partial charge in [0, 0.05) is 6.04 Å². The van der Waals surface area contributed by atoms with Crippen molar-refractivity contribution in [2.24, 2.45) is 5.73 Å². The molecule has 0 saturated carbocycles. The predicted molar refractivity (Wildman–Crippen MR) is 67.2 cm³/mol. The summed E-state index contributed by atoms with van der Waals surface area (Å²) in [6, 6.07) is 3.00. The minimum absolute atomic E-state index is 0.0294. The van der Waals surface area contributed by atoms with Crippen molar-refractivity contribution in [2.45, 2.75) is 38.3 Å². The third kappa shape index (κ3) is 2.54. The Bertz CT molecular complexity index is 418. The lowest BCUT2D eigenvalue weighted by atomic mass is 10.0. The van der Waals surface area contributed by atoms with Crippen LogP contribution in [0.2, 0.25) is 0 Å². The molecule has 0 radical (unpaired) electrons. The summed E-state index contributed by atoms with van der Waals surface area (Å²) >= 11 is 0. The molecular formula is C12H19N3O3. The molecule has 1 fully saturated rings. The van der Waals surface area contributed by atoms with E-state index in [-0.39, 0.29) is 18.0 Å². The number of nitrogens with zero attached hydrogens (tertiary/aromatic N) is 2. The van der Waals surface area contributed by atoms with Crippen molar-refractivity contribution >= 4 is 5.88 Å². The zero-order chi connectivity index (χ0) is 13.1. The largest absolute Gasteiger partial charge is 0.433 e. The molecule has 2 heterocycles. The molecule has 0 aliphatic carbocycles. The minimum Gasteiger partial charge on any atom is -0.404 e. The zero-order valence-electron chi connectivity index (χ0n) is 10.5. The van der Waals surface area contributed by atoms with E-state index in [1.54, 1.807) is 6.07 Å². The third-order valence-electron chi connectivity index (χ3n) is 3.52. The van der Waals surface area contributed by atoms with Crippen LogP contribution in [0.25, 0.3) is 0 Å². The number of likely N-dealkylation sites (tertiary alicyclic amines) is 1. The molecule has 1 aliphatic heterocycles. The molecule has 0 spiro atoms. The summed E-state index contributed by atoms with van der Waals surface area (Å²) in [6.45, 7) is 3.90. The van der Waals surface area contributed by atoms with E-state index >= 15 is 0 Å². The van der Waals surface area contributed by atoms with Crippen LogP contribution in [0.15, 0.2) is 16.5 Å². The Morgan fingerprint density at radius 1 is 1.56 bits per heavy atom. The summed E-state index contributed by atoms with van der Waals surface area (Å²) in [5.41, 5.74) is 6.19. The number of hydrogen-bond donors (Lipinski definition) is 1. The Hall–Kier alpha value is -1.40. The maximum atomic E-state index is 10.7. The fourth-order valence-electron chi connectivity index (χ4n) is 2.61. The topological polar surface area (TPSA) is 85.5 Å². The first kappa shape index (κ1) is 13.0. The van der Waals surface area contributed by atoms with Gasteiger partial charge in [-0.3, -0.25) is 15.0 Å². The van der Waals surface area contributed by atoms with Crippen LogP contribution in [-0.4, -0.2) is 29.0 Å². The molecule has 0 bridgehead atoms. The van der Waals surface area contributed by atoms with Crippen LogP contribution in [-0.2, 0) is 0 Å². The Labute approximate surface area is 106 Å². The molecule has 1 saturated heterocycles. The van der Waals surface area contributed by atoms with Gasteiger partial charge in [-0.15, -0.1) is 0 Å². The van der Waals surface area contributed by atoms with E-state index < -0.39 is 4.92 Å². The van der Waals surface area contributed by atoms with E-state index in [9.17, 15) is 10.1 Å². The molecule has 100 valence electrons. The van der Waals surface area contributed by atoms with Crippen molar-refractivity contribution in [2.75, 3.05) is 13.1 Å². The lowest BCUT2D eigenvalue weighted by Crippen LogP contribution is -2.39. The van der Waals surface area contributed by atoms with Crippen molar-refractivity contribution in [3.05, 3.63) is 28.0 Å². The Kier molecular flexibility index (Phi) is 3.98. The molecule has 2 rings (SSSR count). The fraction of sp³-hybridized carbons (Fsp3) is 0.667. The molecule has 1 aromatic rings. The maximum absolute atomic E-state index is 10.7. The van der Waals surface area contributed by atoms with Gasteiger partial charge < -0.3 is 10.2 Å². The van der Waals surface area contributed by atoms with Crippen LogP contribution < -0.4 is 5.73 Å². The summed E-state index contributed by atoms with van der Waals surface area (Å²) in [4.78, 5) is 12.4. The van der Waals surface area contributed by atoms with Gasteiger partial charge in [-0.2, -0.15) is 0 Å². The number of nitrogens with two attached hydrogens (primary N) is 1. The van der Waals surface area contributed by atoms with Crippen LogP contribution in [0.1, 0.15) is 38.0 Å². The van der Waals surface area contributed by atoms with Crippen LogP contribution in [0.3, 0.4) is 0 Å². The Morgan fingerprint density at radius 3 is 2.94 bits per heavy atom. The van der Waals surface area contributed by atoms with Crippen LogP contribution >= 0.6 is 0 Å². The number of hydrogen-bond acceptors (Lipinski definition) is 5. The molecule has 1 aromatic heterocycles. The first-order chi connectivity index (χ1) is 8.63. The van der Waals surface area contributed by atoms with Crippen LogP contribution in [0.5, 0.6) is 0 Å². The fourth-order valence-corrected chi connectivity index (χ4v) is 2.61. The second kappa shape index (κ2) is 5.49. The highest BCUT2D eigenvalue weighted by atomic mass is 16.6. The van der Waals surface area contributed by atoms with Gasteiger partial charge >= 0.3 is 5.88 Å². The van der Waals surface area contributed by atoms with Gasteiger partial charge in [0.05, 0.1) is 12.1 Å². The molecule has 0 aromatic carbocycles. The minimum atomic E-state index is -0.512. The van der Waals surface area contributed by atoms with Crippen LogP contribution in [0, 0.1) is 10.1 Å². The highest BCUT2D eigenvalue weighted by Gasteiger charge is 2.31.